The van der Waals surface area contributed by atoms with Gasteiger partial charge in [-0.3, -0.25) is 4.90 Å². The van der Waals surface area contributed by atoms with E-state index in [0.717, 1.165) is 37.7 Å². The highest BCUT2D eigenvalue weighted by Gasteiger charge is 2.24. The first-order valence-corrected chi connectivity index (χ1v) is 7.51. The number of ether oxygens (including phenoxy) is 1. The van der Waals surface area contributed by atoms with Crippen LogP contribution in [0, 0.1) is 0 Å². The first-order valence-electron chi connectivity index (χ1n) is 7.51. The first kappa shape index (κ1) is 14.7. The van der Waals surface area contributed by atoms with Crippen LogP contribution in [-0.2, 0) is 6.54 Å². The molecule has 2 aromatic rings. The van der Waals surface area contributed by atoms with Crippen molar-refractivity contribution in [1.29, 1.82) is 0 Å². The first-order chi connectivity index (χ1) is 10.8. The van der Waals surface area contributed by atoms with Crippen LogP contribution in [0.5, 0.6) is 5.88 Å². The van der Waals surface area contributed by atoms with Crippen molar-refractivity contribution in [3.05, 3.63) is 42.5 Å². The molecule has 3 heterocycles. The van der Waals surface area contributed by atoms with Gasteiger partial charge in [0.25, 0.3) is 0 Å². The second kappa shape index (κ2) is 6.70. The van der Waals surface area contributed by atoms with Gasteiger partial charge < -0.3 is 9.64 Å². The van der Waals surface area contributed by atoms with E-state index in [9.17, 15) is 0 Å². The zero-order valence-electron chi connectivity index (χ0n) is 13.0. The Morgan fingerprint density at radius 2 is 2.18 bits per heavy atom. The highest BCUT2D eigenvalue weighted by atomic mass is 16.5. The second-order valence-corrected chi connectivity index (χ2v) is 5.50. The summed E-state index contributed by atoms with van der Waals surface area (Å²) < 4.78 is 5.19. The number of anilines is 1. The molecule has 0 amide bonds. The molecule has 1 saturated heterocycles. The number of pyridine rings is 1. The Bertz CT molecular complexity index is 606. The molecule has 0 aromatic carbocycles. The Labute approximate surface area is 130 Å². The largest absolute Gasteiger partial charge is 0.481 e. The zero-order valence-corrected chi connectivity index (χ0v) is 13.0. The summed E-state index contributed by atoms with van der Waals surface area (Å²) in [6, 6.07) is 8.32. The normalized spacial score (nSPS) is 19.2. The maximum absolute atomic E-state index is 5.19. The molecule has 0 aliphatic carbocycles. The minimum absolute atomic E-state index is 0.441. The quantitative estimate of drug-likeness (QED) is 0.854. The summed E-state index contributed by atoms with van der Waals surface area (Å²) in [5.41, 5.74) is 1.04. The Kier molecular flexibility index (Phi) is 4.48. The van der Waals surface area contributed by atoms with Crippen LogP contribution in [0.1, 0.15) is 12.6 Å². The molecular weight excluding hydrogens is 278 g/mol. The van der Waals surface area contributed by atoms with E-state index >= 15 is 0 Å². The van der Waals surface area contributed by atoms with E-state index < -0.39 is 0 Å². The minimum Gasteiger partial charge on any atom is -0.481 e. The van der Waals surface area contributed by atoms with E-state index in [1.807, 2.05) is 24.3 Å². The molecule has 0 bridgehead atoms. The maximum Gasteiger partial charge on any atom is 0.213 e. The van der Waals surface area contributed by atoms with Crippen LogP contribution in [0.2, 0.25) is 0 Å². The fourth-order valence-corrected chi connectivity index (χ4v) is 2.78. The van der Waals surface area contributed by atoms with Gasteiger partial charge in [0.05, 0.1) is 12.8 Å². The summed E-state index contributed by atoms with van der Waals surface area (Å²) in [7, 11) is 1.65. The van der Waals surface area contributed by atoms with Gasteiger partial charge in [0.2, 0.25) is 5.88 Å². The molecular formula is C16H21N5O. The number of hydrogen-bond donors (Lipinski definition) is 0. The van der Waals surface area contributed by atoms with Crippen LogP contribution in [0.3, 0.4) is 0 Å². The Morgan fingerprint density at radius 1 is 1.27 bits per heavy atom. The molecule has 0 radical (unpaired) electrons. The Morgan fingerprint density at radius 3 is 2.91 bits per heavy atom. The monoisotopic (exact) mass is 299 g/mol. The van der Waals surface area contributed by atoms with Crippen molar-refractivity contribution in [2.75, 3.05) is 31.6 Å². The Balaban J connectivity index is 1.63. The van der Waals surface area contributed by atoms with E-state index in [1.54, 1.807) is 19.6 Å². The summed E-state index contributed by atoms with van der Waals surface area (Å²) in [6.45, 7) is 6.00. The van der Waals surface area contributed by atoms with E-state index in [0.29, 0.717) is 11.9 Å². The van der Waals surface area contributed by atoms with Crippen molar-refractivity contribution in [1.82, 2.24) is 19.9 Å². The van der Waals surface area contributed by atoms with Gasteiger partial charge in [-0.25, -0.2) is 15.0 Å². The average Bonchev–Trinajstić information content (AvgIpc) is 2.58. The van der Waals surface area contributed by atoms with E-state index in [4.69, 9.17) is 4.74 Å². The molecule has 22 heavy (non-hydrogen) atoms. The predicted octanol–water partition coefficient (Wildman–Crippen LogP) is 1.59. The number of piperazine rings is 1. The zero-order chi connectivity index (χ0) is 15.4. The van der Waals surface area contributed by atoms with Gasteiger partial charge in [-0.2, -0.15) is 0 Å². The van der Waals surface area contributed by atoms with E-state index in [2.05, 4.69) is 31.7 Å². The molecule has 2 aromatic heterocycles. The highest BCUT2D eigenvalue weighted by Crippen LogP contribution is 2.18. The molecule has 1 aliphatic heterocycles. The van der Waals surface area contributed by atoms with Gasteiger partial charge in [0, 0.05) is 44.5 Å². The summed E-state index contributed by atoms with van der Waals surface area (Å²) >= 11 is 0. The topological polar surface area (TPSA) is 54.4 Å². The number of nitrogens with zero attached hydrogens (tertiary/aromatic N) is 5. The van der Waals surface area contributed by atoms with Gasteiger partial charge >= 0.3 is 0 Å². The molecule has 1 aliphatic rings. The molecule has 0 spiro atoms. The number of aromatic nitrogens is 3. The molecule has 1 atom stereocenters. The SMILES string of the molecule is COc1cccc(CN2CCN(c3ccncn3)CC2C)n1. The number of rotatable bonds is 4. The lowest BCUT2D eigenvalue weighted by Gasteiger charge is -2.40. The van der Waals surface area contributed by atoms with E-state index in [-0.39, 0.29) is 0 Å². The van der Waals surface area contributed by atoms with E-state index in [1.165, 1.54) is 0 Å². The van der Waals surface area contributed by atoms with Crippen LogP contribution in [-0.4, -0.2) is 52.6 Å². The number of hydrogen-bond acceptors (Lipinski definition) is 6. The number of methoxy groups -OCH3 is 1. The van der Waals surface area contributed by atoms with Crippen LogP contribution < -0.4 is 9.64 Å². The molecule has 6 nitrogen and oxygen atoms in total. The summed E-state index contributed by atoms with van der Waals surface area (Å²) in [5.74, 6) is 1.67. The van der Waals surface area contributed by atoms with Crippen molar-refractivity contribution < 1.29 is 4.74 Å². The standard InChI is InChI=1S/C16H21N5O/c1-13-10-21(15-6-7-17-12-18-15)9-8-20(13)11-14-4-3-5-16(19-14)22-2/h3-7,12-13H,8-11H2,1-2H3. The van der Waals surface area contributed by atoms with Crippen molar-refractivity contribution in [3.8, 4) is 5.88 Å². The van der Waals surface area contributed by atoms with Gasteiger partial charge in [-0.05, 0) is 19.1 Å². The van der Waals surface area contributed by atoms with Gasteiger partial charge in [0.1, 0.15) is 12.1 Å². The van der Waals surface area contributed by atoms with Crippen molar-refractivity contribution in [2.24, 2.45) is 0 Å². The van der Waals surface area contributed by atoms with Crippen molar-refractivity contribution in [3.63, 3.8) is 0 Å². The highest BCUT2D eigenvalue weighted by molar-refractivity contribution is 5.37. The van der Waals surface area contributed by atoms with Crippen LogP contribution >= 0.6 is 0 Å². The van der Waals surface area contributed by atoms with Crippen molar-refractivity contribution in [2.45, 2.75) is 19.5 Å². The van der Waals surface area contributed by atoms with Crippen LogP contribution in [0.4, 0.5) is 5.82 Å². The third-order valence-electron chi connectivity index (χ3n) is 4.01. The van der Waals surface area contributed by atoms with Gasteiger partial charge in [-0.1, -0.05) is 6.07 Å². The fourth-order valence-electron chi connectivity index (χ4n) is 2.78. The Hall–Kier alpha value is -2.21. The summed E-state index contributed by atoms with van der Waals surface area (Å²) in [4.78, 5) is 17.6. The molecule has 1 fully saturated rings. The van der Waals surface area contributed by atoms with Crippen molar-refractivity contribution >= 4 is 5.82 Å². The molecule has 1 unspecified atom stereocenters. The predicted molar refractivity (Wildman–Crippen MR) is 84.9 cm³/mol. The lowest BCUT2D eigenvalue weighted by Crippen LogP contribution is -2.51. The minimum atomic E-state index is 0.441. The summed E-state index contributed by atoms with van der Waals surface area (Å²) in [5, 5.41) is 0. The van der Waals surface area contributed by atoms with Gasteiger partial charge in [0.15, 0.2) is 0 Å². The molecule has 0 saturated carbocycles. The fraction of sp³-hybridized carbons (Fsp3) is 0.438. The summed E-state index contributed by atoms with van der Waals surface area (Å²) in [6.07, 6.45) is 3.39. The average molecular weight is 299 g/mol. The third kappa shape index (κ3) is 3.33. The van der Waals surface area contributed by atoms with Gasteiger partial charge in [-0.15, -0.1) is 0 Å². The molecule has 0 N–H and O–H groups in total. The smallest absolute Gasteiger partial charge is 0.213 e. The molecule has 6 heteroatoms. The third-order valence-corrected chi connectivity index (χ3v) is 4.01. The lowest BCUT2D eigenvalue weighted by atomic mass is 10.1. The lowest BCUT2D eigenvalue weighted by molar-refractivity contribution is 0.178. The molecule has 3 rings (SSSR count). The van der Waals surface area contributed by atoms with Crippen LogP contribution in [0.15, 0.2) is 36.8 Å². The second-order valence-electron chi connectivity index (χ2n) is 5.50. The maximum atomic E-state index is 5.19. The van der Waals surface area contributed by atoms with Crippen LogP contribution in [0.25, 0.3) is 0 Å². The molecule has 116 valence electrons.